The van der Waals surface area contributed by atoms with Crippen molar-refractivity contribution in [2.24, 2.45) is 17.3 Å². The van der Waals surface area contributed by atoms with Gasteiger partial charge in [0, 0.05) is 5.69 Å². The third kappa shape index (κ3) is 3.61. The number of nitrogens with one attached hydrogen (secondary N) is 2. The number of carbonyl (C=O) groups is 2. The number of benzene rings is 1. The Bertz CT molecular complexity index is 775. The third-order valence-electron chi connectivity index (χ3n) is 3.91. The van der Waals surface area contributed by atoms with E-state index in [1.165, 1.54) is 12.1 Å². The van der Waals surface area contributed by atoms with Crippen LogP contribution in [0.5, 0.6) is 0 Å². The number of aliphatic carboxylic acids is 1. The van der Waals surface area contributed by atoms with Crippen LogP contribution in [0.3, 0.4) is 0 Å². The van der Waals surface area contributed by atoms with Crippen LogP contribution in [-0.4, -0.2) is 31.7 Å². The number of amides is 1. The first kappa shape index (κ1) is 17.2. The van der Waals surface area contributed by atoms with E-state index >= 15 is 0 Å². The molecule has 1 aromatic rings. The Kier molecular flexibility index (Phi) is 4.10. The molecule has 0 aromatic heterocycles. The molecule has 2 rings (SSSR count). The summed E-state index contributed by atoms with van der Waals surface area (Å²) in [7, 11) is -3.61. The van der Waals surface area contributed by atoms with Gasteiger partial charge in [-0.3, -0.25) is 14.3 Å². The van der Waals surface area contributed by atoms with E-state index < -0.39 is 45.0 Å². The van der Waals surface area contributed by atoms with E-state index in [4.69, 9.17) is 5.11 Å². The van der Waals surface area contributed by atoms with Crippen molar-refractivity contribution in [3.05, 3.63) is 24.0 Å². The van der Waals surface area contributed by atoms with Crippen molar-refractivity contribution in [3.63, 3.8) is 0 Å². The molecule has 7 nitrogen and oxygen atoms in total. The molecule has 2 atom stereocenters. The maximum atomic E-state index is 13.8. The van der Waals surface area contributed by atoms with E-state index in [2.05, 4.69) is 5.32 Å². The molecule has 126 valence electrons. The van der Waals surface area contributed by atoms with Crippen LogP contribution in [0, 0.1) is 23.1 Å². The first-order valence-corrected chi connectivity index (χ1v) is 8.63. The topological polar surface area (TPSA) is 113 Å². The van der Waals surface area contributed by atoms with Gasteiger partial charge in [-0.05, 0) is 23.6 Å². The fourth-order valence-electron chi connectivity index (χ4n) is 2.68. The van der Waals surface area contributed by atoms with Crippen molar-refractivity contribution in [2.75, 3.05) is 16.3 Å². The second-order valence-electron chi connectivity index (χ2n) is 6.17. The minimum atomic E-state index is -3.61. The fraction of sp³-hybridized carbons (Fsp3) is 0.429. The highest BCUT2D eigenvalue weighted by atomic mass is 32.2. The summed E-state index contributed by atoms with van der Waals surface area (Å²) in [5.41, 5.74) is -0.772. The molecule has 1 amide bonds. The van der Waals surface area contributed by atoms with Crippen LogP contribution in [0.15, 0.2) is 18.2 Å². The average Bonchev–Trinajstić information content (AvgIpc) is 2.95. The molecule has 23 heavy (non-hydrogen) atoms. The van der Waals surface area contributed by atoms with Crippen molar-refractivity contribution in [1.29, 1.82) is 0 Å². The molecule has 0 bridgehead atoms. The van der Waals surface area contributed by atoms with Gasteiger partial charge in [-0.1, -0.05) is 13.8 Å². The van der Waals surface area contributed by atoms with Crippen LogP contribution in [0.1, 0.15) is 13.8 Å². The highest BCUT2D eigenvalue weighted by molar-refractivity contribution is 7.92. The summed E-state index contributed by atoms with van der Waals surface area (Å²) in [5.74, 6) is -3.88. The number of rotatable bonds is 5. The maximum absolute atomic E-state index is 13.8. The van der Waals surface area contributed by atoms with Gasteiger partial charge in [0.1, 0.15) is 5.82 Å². The lowest BCUT2D eigenvalue weighted by Crippen LogP contribution is -2.18. The van der Waals surface area contributed by atoms with Crippen LogP contribution < -0.4 is 10.0 Å². The summed E-state index contributed by atoms with van der Waals surface area (Å²) < 4.78 is 38.0. The summed E-state index contributed by atoms with van der Waals surface area (Å²) in [4.78, 5) is 23.2. The predicted octanol–water partition coefficient (Wildman–Crippen LogP) is 1.49. The Morgan fingerprint density at radius 3 is 2.30 bits per heavy atom. The molecule has 3 N–H and O–H groups in total. The van der Waals surface area contributed by atoms with Gasteiger partial charge in [-0.2, -0.15) is 0 Å². The second-order valence-corrected chi connectivity index (χ2v) is 7.92. The van der Waals surface area contributed by atoms with Gasteiger partial charge in [0.2, 0.25) is 15.9 Å². The van der Waals surface area contributed by atoms with Gasteiger partial charge in [-0.15, -0.1) is 0 Å². The zero-order valence-electron chi connectivity index (χ0n) is 12.8. The molecule has 1 saturated carbocycles. The molecule has 2 unspecified atom stereocenters. The van der Waals surface area contributed by atoms with Crippen LogP contribution >= 0.6 is 0 Å². The van der Waals surface area contributed by atoms with Gasteiger partial charge in [-0.25, -0.2) is 12.8 Å². The monoisotopic (exact) mass is 344 g/mol. The second kappa shape index (κ2) is 5.48. The fourth-order valence-corrected chi connectivity index (χ4v) is 3.25. The first-order chi connectivity index (χ1) is 10.4. The van der Waals surface area contributed by atoms with Crippen LogP contribution in [0.2, 0.25) is 0 Å². The summed E-state index contributed by atoms with van der Waals surface area (Å²) in [5, 5.41) is 11.5. The lowest BCUT2D eigenvalue weighted by molar-refractivity contribution is -0.140. The molecule has 0 spiro atoms. The van der Waals surface area contributed by atoms with E-state index in [9.17, 15) is 22.4 Å². The molecule has 0 radical (unpaired) electrons. The highest BCUT2D eigenvalue weighted by Crippen LogP contribution is 2.58. The summed E-state index contributed by atoms with van der Waals surface area (Å²) in [6.45, 7) is 3.35. The molecule has 1 aliphatic rings. The molecule has 0 saturated heterocycles. The Balaban J connectivity index is 2.11. The van der Waals surface area contributed by atoms with Crippen LogP contribution in [-0.2, 0) is 19.6 Å². The van der Waals surface area contributed by atoms with Crippen molar-refractivity contribution < 1.29 is 27.5 Å². The summed E-state index contributed by atoms with van der Waals surface area (Å²) >= 11 is 0. The number of hydrogen-bond acceptors (Lipinski definition) is 4. The Labute approximate surface area is 132 Å². The minimum absolute atomic E-state index is 0.124. The van der Waals surface area contributed by atoms with E-state index in [-0.39, 0.29) is 11.4 Å². The molecule has 1 fully saturated rings. The predicted molar refractivity (Wildman–Crippen MR) is 81.9 cm³/mol. The Morgan fingerprint density at radius 2 is 1.87 bits per heavy atom. The molecule has 0 aliphatic heterocycles. The van der Waals surface area contributed by atoms with Crippen molar-refractivity contribution in [3.8, 4) is 0 Å². The van der Waals surface area contributed by atoms with E-state index in [0.717, 1.165) is 12.3 Å². The Hall–Kier alpha value is -2.16. The number of carbonyl (C=O) groups excluding carboxylic acids is 1. The highest BCUT2D eigenvalue weighted by Gasteiger charge is 2.65. The number of carboxylic acid groups (broad SMARTS) is 1. The average molecular weight is 344 g/mol. The zero-order valence-corrected chi connectivity index (χ0v) is 13.6. The number of hydrogen-bond donors (Lipinski definition) is 3. The summed E-state index contributed by atoms with van der Waals surface area (Å²) in [6.07, 6.45) is 0.892. The maximum Gasteiger partial charge on any atom is 0.307 e. The van der Waals surface area contributed by atoms with Gasteiger partial charge >= 0.3 is 5.97 Å². The molecular formula is C14H17FN2O5S. The lowest BCUT2D eigenvalue weighted by atomic mass is 10.1. The molecule has 1 aliphatic carbocycles. The van der Waals surface area contributed by atoms with Crippen molar-refractivity contribution in [2.45, 2.75) is 13.8 Å². The number of anilines is 2. The van der Waals surface area contributed by atoms with E-state index in [1.54, 1.807) is 13.8 Å². The van der Waals surface area contributed by atoms with Crippen LogP contribution in [0.25, 0.3) is 0 Å². The Morgan fingerprint density at radius 1 is 1.26 bits per heavy atom. The molecule has 0 heterocycles. The standard InChI is InChI=1S/C14H17FN2O5S/c1-14(2)10(11(14)13(19)20)12(18)16-7-4-5-9(8(15)6-7)17-23(3,21)22/h4-6,10-11,17H,1-3H3,(H,16,18)(H,19,20). The van der Waals surface area contributed by atoms with E-state index in [1.807, 2.05) is 4.72 Å². The molecular weight excluding hydrogens is 327 g/mol. The lowest BCUT2D eigenvalue weighted by Gasteiger charge is -2.09. The van der Waals surface area contributed by atoms with Crippen molar-refractivity contribution in [1.82, 2.24) is 0 Å². The smallest absolute Gasteiger partial charge is 0.307 e. The van der Waals surface area contributed by atoms with Gasteiger partial charge in [0.15, 0.2) is 0 Å². The first-order valence-electron chi connectivity index (χ1n) is 6.74. The van der Waals surface area contributed by atoms with Gasteiger partial charge < -0.3 is 10.4 Å². The van der Waals surface area contributed by atoms with Crippen molar-refractivity contribution >= 4 is 33.3 Å². The number of sulfonamides is 1. The normalized spacial score (nSPS) is 22.3. The van der Waals surface area contributed by atoms with Gasteiger partial charge in [0.05, 0.1) is 23.8 Å². The zero-order chi connectivity index (χ0) is 17.6. The van der Waals surface area contributed by atoms with E-state index in [0.29, 0.717) is 0 Å². The third-order valence-corrected chi connectivity index (χ3v) is 4.50. The largest absolute Gasteiger partial charge is 0.481 e. The quantitative estimate of drug-likeness (QED) is 0.749. The SMILES string of the molecule is CC1(C)C(C(=O)O)C1C(=O)Nc1ccc(NS(C)(=O)=O)c(F)c1. The molecule has 9 heteroatoms. The number of halogens is 1. The number of carboxylic acids is 1. The van der Waals surface area contributed by atoms with Crippen LogP contribution in [0.4, 0.5) is 15.8 Å². The minimum Gasteiger partial charge on any atom is -0.481 e. The summed E-state index contributed by atoms with van der Waals surface area (Å²) in [6, 6.07) is 3.48. The molecule has 1 aromatic carbocycles. The van der Waals surface area contributed by atoms with Gasteiger partial charge in [0.25, 0.3) is 0 Å².